The van der Waals surface area contributed by atoms with E-state index < -0.39 is 17.8 Å². The normalized spacial score (nSPS) is 22.0. The van der Waals surface area contributed by atoms with Crippen molar-refractivity contribution in [2.75, 3.05) is 0 Å². The van der Waals surface area contributed by atoms with E-state index in [-0.39, 0.29) is 5.91 Å². The lowest BCUT2D eigenvalue weighted by molar-refractivity contribution is -0.148. The van der Waals surface area contributed by atoms with Crippen molar-refractivity contribution in [1.29, 1.82) is 0 Å². The molecule has 1 aliphatic rings. The number of carbonyl (C=O) groups excluding carboxylic acids is 1. The van der Waals surface area contributed by atoms with Gasteiger partial charge in [0.1, 0.15) is 0 Å². The summed E-state index contributed by atoms with van der Waals surface area (Å²) >= 11 is 0. The first kappa shape index (κ1) is 15.5. The second-order valence-electron chi connectivity index (χ2n) is 5.62. The number of hydrogen-bond acceptors (Lipinski definition) is 3. The van der Waals surface area contributed by atoms with Crippen LogP contribution in [0.3, 0.4) is 0 Å². The van der Waals surface area contributed by atoms with Crippen LogP contribution in [-0.4, -0.2) is 26.8 Å². The molecule has 2 N–H and O–H groups in total. The maximum Gasteiger partial charge on any atom is 0.307 e. The van der Waals surface area contributed by atoms with E-state index >= 15 is 0 Å². The summed E-state index contributed by atoms with van der Waals surface area (Å²) in [6, 6.07) is 0. The number of carboxylic acid groups (broad SMARTS) is 1. The topological polar surface area (TPSA) is 84.2 Å². The van der Waals surface area contributed by atoms with Gasteiger partial charge in [0.2, 0.25) is 5.91 Å². The molecule has 6 nitrogen and oxygen atoms in total. The molecule has 1 aromatic rings. The van der Waals surface area contributed by atoms with Gasteiger partial charge in [-0.05, 0) is 26.7 Å². The highest BCUT2D eigenvalue weighted by Gasteiger charge is 2.35. The highest BCUT2D eigenvalue weighted by Crippen LogP contribution is 2.30. The second kappa shape index (κ2) is 6.74. The van der Waals surface area contributed by atoms with Crippen molar-refractivity contribution in [3.05, 3.63) is 17.5 Å². The summed E-state index contributed by atoms with van der Waals surface area (Å²) in [4.78, 5) is 23.5. The van der Waals surface area contributed by atoms with Crippen LogP contribution in [0.2, 0.25) is 0 Å². The predicted octanol–water partition coefficient (Wildman–Crippen LogP) is 1.72. The molecule has 1 amide bonds. The Bertz CT molecular complexity index is 524. The number of aliphatic carboxylic acids is 1. The zero-order chi connectivity index (χ0) is 15.4. The van der Waals surface area contributed by atoms with E-state index in [1.807, 2.05) is 18.5 Å². The van der Waals surface area contributed by atoms with Gasteiger partial charge in [0.25, 0.3) is 0 Å². The van der Waals surface area contributed by atoms with Gasteiger partial charge in [-0.25, -0.2) is 0 Å². The number of aryl methyl sites for hydroxylation is 1. The SMILES string of the molecule is CCn1ncc(CNC(=O)[C@@H]2CCCC[C@H]2C(=O)O)c1C. The molecule has 1 fully saturated rings. The van der Waals surface area contributed by atoms with Gasteiger partial charge < -0.3 is 10.4 Å². The molecule has 1 saturated carbocycles. The first-order valence-electron chi connectivity index (χ1n) is 7.56. The van der Waals surface area contributed by atoms with Crippen LogP contribution in [0.1, 0.15) is 43.9 Å². The maximum atomic E-state index is 12.3. The fraction of sp³-hybridized carbons (Fsp3) is 0.667. The Labute approximate surface area is 124 Å². The number of rotatable bonds is 5. The molecule has 21 heavy (non-hydrogen) atoms. The Kier molecular flexibility index (Phi) is 4.98. The van der Waals surface area contributed by atoms with Crippen LogP contribution < -0.4 is 5.32 Å². The number of carboxylic acids is 1. The van der Waals surface area contributed by atoms with Crippen LogP contribution in [0, 0.1) is 18.8 Å². The number of amides is 1. The highest BCUT2D eigenvalue weighted by atomic mass is 16.4. The fourth-order valence-electron chi connectivity index (χ4n) is 3.03. The fourth-order valence-corrected chi connectivity index (χ4v) is 3.03. The van der Waals surface area contributed by atoms with Crippen molar-refractivity contribution in [3.63, 3.8) is 0 Å². The first-order valence-corrected chi connectivity index (χ1v) is 7.56. The third kappa shape index (κ3) is 3.43. The number of carbonyl (C=O) groups is 2. The smallest absolute Gasteiger partial charge is 0.307 e. The summed E-state index contributed by atoms with van der Waals surface area (Å²) in [5.41, 5.74) is 2.02. The summed E-state index contributed by atoms with van der Waals surface area (Å²) in [7, 11) is 0. The summed E-state index contributed by atoms with van der Waals surface area (Å²) in [5, 5.41) is 16.3. The second-order valence-corrected chi connectivity index (χ2v) is 5.62. The third-order valence-corrected chi connectivity index (χ3v) is 4.38. The molecule has 1 heterocycles. The van der Waals surface area contributed by atoms with Crippen LogP contribution >= 0.6 is 0 Å². The molecule has 2 rings (SSSR count). The molecule has 1 aromatic heterocycles. The van der Waals surface area contributed by atoms with E-state index in [0.717, 1.165) is 30.6 Å². The minimum Gasteiger partial charge on any atom is -0.481 e. The van der Waals surface area contributed by atoms with Gasteiger partial charge in [-0.1, -0.05) is 12.8 Å². The van der Waals surface area contributed by atoms with Gasteiger partial charge in [0.15, 0.2) is 0 Å². The molecule has 116 valence electrons. The van der Waals surface area contributed by atoms with Crippen molar-refractivity contribution < 1.29 is 14.7 Å². The van der Waals surface area contributed by atoms with Crippen molar-refractivity contribution in [2.45, 2.75) is 52.6 Å². The third-order valence-electron chi connectivity index (χ3n) is 4.38. The molecule has 0 spiro atoms. The van der Waals surface area contributed by atoms with Crippen molar-refractivity contribution in [1.82, 2.24) is 15.1 Å². The Morgan fingerprint density at radius 3 is 2.62 bits per heavy atom. The number of aromatic nitrogens is 2. The van der Waals surface area contributed by atoms with E-state index in [1.54, 1.807) is 6.20 Å². The number of nitrogens with zero attached hydrogens (tertiary/aromatic N) is 2. The minimum atomic E-state index is -0.857. The molecule has 0 aliphatic heterocycles. The Hall–Kier alpha value is -1.85. The molecule has 1 aliphatic carbocycles. The maximum absolute atomic E-state index is 12.3. The van der Waals surface area contributed by atoms with Crippen LogP contribution in [0.4, 0.5) is 0 Å². The minimum absolute atomic E-state index is 0.147. The van der Waals surface area contributed by atoms with Gasteiger partial charge in [-0.15, -0.1) is 0 Å². The Balaban J connectivity index is 1.97. The number of hydrogen-bond donors (Lipinski definition) is 2. The molecule has 0 unspecified atom stereocenters. The molecule has 0 saturated heterocycles. The Morgan fingerprint density at radius 2 is 2.05 bits per heavy atom. The van der Waals surface area contributed by atoms with E-state index in [0.29, 0.717) is 19.4 Å². The van der Waals surface area contributed by atoms with E-state index in [2.05, 4.69) is 10.4 Å². The molecular formula is C15H23N3O3. The van der Waals surface area contributed by atoms with Gasteiger partial charge in [-0.2, -0.15) is 5.10 Å². The van der Waals surface area contributed by atoms with Crippen molar-refractivity contribution in [2.24, 2.45) is 11.8 Å². The van der Waals surface area contributed by atoms with Crippen molar-refractivity contribution >= 4 is 11.9 Å². The monoisotopic (exact) mass is 293 g/mol. The summed E-state index contributed by atoms with van der Waals surface area (Å²) in [6.45, 7) is 5.19. The quantitative estimate of drug-likeness (QED) is 0.865. The molecule has 0 radical (unpaired) electrons. The van der Waals surface area contributed by atoms with E-state index in [1.165, 1.54) is 0 Å². The lowest BCUT2D eigenvalue weighted by atomic mass is 9.78. The molecular weight excluding hydrogens is 270 g/mol. The predicted molar refractivity (Wildman–Crippen MR) is 77.6 cm³/mol. The van der Waals surface area contributed by atoms with Crippen LogP contribution in [-0.2, 0) is 22.7 Å². The average Bonchev–Trinajstić information content (AvgIpc) is 2.85. The summed E-state index contributed by atoms with van der Waals surface area (Å²) in [5.74, 6) is -1.95. The molecule has 6 heteroatoms. The lowest BCUT2D eigenvalue weighted by Gasteiger charge is -2.27. The molecule has 0 bridgehead atoms. The van der Waals surface area contributed by atoms with Crippen LogP contribution in [0.15, 0.2) is 6.20 Å². The standard InChI is InChI=1S/C15H23N3O3/c1-3-18-10(2)11(9-17-18)8-16-14(19)12-6-4-5-7-13(12)15(20)21/h9,12-13H,3-8H2,1-2H3,(H,16,19)(H,20,21)/t12-,13-/m1/s1. The van der Waals surface area contributed by atoms with Crippen LogP contribution in [0.5, 0.6) is 0 Å². The lowest BCUT2D eigenvalue weighted by Crippen LogP contribution is -2.39. The van der Waals surface area contributed by atoms with E-state index in [9.17, 15) is 14.7 Å². The van der Waals surface area contributed by atoms with E-state index in [4.69, 9.17) is 0 Å². The first-order chi connectivity index (χ1) is 10.0. The summed E-state index contributed by atoms with van der Waals surface area (Å²) in [6.07, 6.45) is 4.84. The van der Waals surface area contributed by atoms with Crippen LogP contribution in [0.25, 0.3) is 0 Å². The molecule has 2 atom stereocenters. The van der Waals surface area contributed by atoms with Gasteiger partial charge in [-0.3, -0.25) is 14.3 Å². The highest BCUT2D eigenvalue weighted by molar-refractivity contribution is 5.84. The average molecular weight is 293 g/mol. The zero-order valence-corrected chi connectivity index (χ0v) is 12.6. The van der Waals surface area contributed by atoms with Gasteiger partial charge in [0.05, 0.1) is 18.0 Å². The van der Waals surface area contributed by atoms with Gasteiger partial charge >= 0.3 is 5.97 Å². The zero-order valence-electron chi connectivity index (χ0n) is 12.6. The largest absolute Gasteiger partial charge is 0.481 e. The summed E-state index contributed by atoms with van der Waals surface area (Å²) < 4.78 is 1.88. The number of nitrogens with one attached hydrogen (secondary N) is 1. The molecule has 0 aromatic carbocycles. The Morgan fingerprint density at radius 1 is 1.38 bits per heavy atom. The van der Waals surface area contributed by atoms with Crippen molar-refractivity contribution in [3.8, 4) is 0 Å². The van der Waals surface area contributed by atoms with Gasteiger partial charge in [0, 0.05) is 24.3 Å².